The fourth-order valence-corrected chi connectivity index (χ4v) is 2.67. The van der Waals surface area contributed by atoms with Crippen LogP contribution < -0.4 is 10.1 Å². The van der Waals surface area contributed by atoms with Crippen LogP contribution in [-0.2, 0) is 11.3 Å². The van der Waals surface area contributed by atoms with Crippen LogP contribution in [0.5, 0.6) is 11.5 Å². The van der Waals surface area contributed by atoms with E-state index in [1.54, 1.807) is 7.11 Å². The summed E-state index contributed by atoms with van der Waals surface area (Å²) in [4.78, 5) is 0. The van der Waals surface area contributed by atoms with Gasteiger partial charge in [-0.2, -0.15) is 0 Å². The van der Waals surface area contributed by atoms with Crippen LogP contribution in [-0.4, -0.2) is 20.3 Å². The summed E-state index contributed by atoms with van der Waals surface area (Å²) in [6.45, 7) is 2.34. The zero-order chi connectivity index (χ0) is 15.1. The highest BCUT2D eigenvalue weighted by molar-refractivity contribution is 9.10. The van der Waals surface area contributed by atoms with Crippen molar-refractivity contribution in [2.75, 3.05) is 20.3 Å². The maximum atomic E-state index is 5.84. The molecule has 2 aromatic rings. The zero-order valence-electron chi connectivity index (χ0n) is 11.7. The van der Waals surface area contributed by atoms with Crippen LogP contribution in [0, 0.1) is 0 Å². The molecule has 3 nitrogen and oxygen atoms in total. The first-order chi connectivity index (χ1) is 10.2. The fraction of sp³-hybridized carbons (Fsp3) is 0.250. The summed E-state index contributed by atoms with van der Waals surface area (Å²) >= 11 is 7.02. The molecule has 0 fully saturated rings. The molecule has 0 spiro atoms. The van der Waals surface area contributed by atoms with Gasteiger partial charge in [-0.3, -0.25) is 0 Å². The van der Waals surface area contributed by atoms with Gasteiger partial charge in [0.15, 0.2) is 0 Å². The number of rotatable bonds is 7. The number of ether oxygens (including phenoxy) is 2. The van der Waals surface area contributed by atoms with Crippen molar-refractivity contribution in [1.82, 2.24) is 5.32 Å². The van der Waals surface area contributed by atoms with Gasteiger partial charge in [0.25, 0.3) is 0 Å². The lowest BCUT2D eigenvalue weighted by Gasteiger charge is -2.10. The van der Waals surface area contributed by atoms with Crippen molar-refractivity contribution in [1.29, 1.82) is 0 Å². The van der Waals surface area contributed by atoms with E-state index in [-0.39, 0.29) is 0 Å². The Kier molecular flexibility index (Phi) is 6.70. The zero-order valence-corrected chi connectivity index (χ0v) is 14.9. The Hall–Kier alpha value is -0.880. The van der Waals surface area contributed by atoms with Crippen molar-refractivity contribution < 1.29 is 9.47 Å². The second-order valence-electron chi connectivity index (χ2n) is 4.48. The highest BCUT2D eigenvalue weighted by atomic mass is 79.9. The first-order valence-corrected chi connectivity index (χ1v) is 8.19. The first-order valence-electron chi connectivity index (χ1n) is 6.60. The Morgan fingerprint density at radius 3 is 2.57 bits per heavy atom. The maximum Gasteiger partial charge on any atom is 0.128 e. The van der Waals surface area contributed by atoms with E-state index in [0.29, 0.717) is 6.61 Å². The molecule has 0 bridgehead atoms. The summed E-state index contributed by atoms with van der Waals surface area (Å²) in [6.07, 6.45) is 0. The van der Waals surface area contributed by atoms with Crippen molar-refractivity contribution in [2.45, 2.75) is 6.54 Å². The van der Waals surface area contributed by atoms with Gasteiger partial charge in [-0.05, 0) is 35.9 Å². The smallest absolute Gasteiger partial charge is 0.128 e. The van der Waals surface area contributed by atoms with Crippen LogP contribution in [0.4, 0.5) is 0 Å². The van der Waals surface area contributed by atoms with Crippen LogP contribution >= 0.6 is 31.9 Å². The molecule has 0 amide bonds. The second-order valence-corrected chi connectivity index (χ2v) is 6.25. The number of hydrogen-bond acceptors (Lipinski definition) is 3. The summed E-state index contributed by atoms with van der Waals surface area (Å²) in [5.74, 6) is 1.61. The lowest BCUT2D eigenvalue weighted by Crippen LogP contribution is -2.18. The molecule has 0 radical (unpaired) electrons. The molecule has 21 heavy (non-hydrogen) atoms. The van der Waals surface area contributed by atoms with Gasteiger partial charge in [0.2, 0.25) is 0 Å². The molecule has 0 aromatic heterocycles. The Morgan fingerprint density at radius 2 is 1.86 bits per heavy atom. The molecule has 0 heterocycles. The Labute approximate surface area is 141 Å². The maximum absolute atomic E-state index is 5.84. The number of nitrogens with one attached hydrogen (secondary N) is 1. The summed E-state index contributed by atoms with van der Waals surface area (Å²) < 4.78 is 12.9. The van der Waals surface area contributed by atoms with E-state index in [9.17, 15) is 0 Å². The molecule has 5 heteroatoms. The molecule has 0 aliphatic heterocycles. The average Bonchev–Trinajstić information content (AvgIpc) is 2.45. The van der Waals surface area contributed by atoms with Gasteiger partial charge >= 0.3 is 0 Å². The number of methoxy groups -OCH3 is 1. The quantitative estimate of drug-likeness (QED) is 0.663. The third kappa shape index (κ3) is 5.43. The van der Waals surface area contributed by atoms with E-state index in [2.05, 4.69) is 43.2 Å². The minimum absolute atomic E-state index is 0.710. The van der Waals surface area contributed by atoms with Crippen LogP contribution in [0.25, 0.3) is 0 Å². The van der Waals surface area contributed by atoms with E-state index < -0.39 is 0 Å². The number of benzene rings is 2. The molecule has 2 aromatic carbocycles. The Bertz CT molecular complexity index is 590. The molecule has 0 saturated carbocycles. The number of hydrogen-bond donors (Lipinski definition) is 1. The molecule has 0 aliphatic rings. The number of halogens is 2. The predicted octanol–water partition coefficient (Wildman–Crippen LogP) is 4.74. The van der Waals surface area contributed by atoms with Gasteiger partial charge in [-0.1, -0.05) is 44.0 Å². The summed E-state index contributed by atoms with van der Waals surface area (Å²) in [7, 11) is 1.70. The molecular formula is C16H17Br2NO2. The van der Waals surface area contributed by atoms with Crippen molar-refractivity contribution in [2.24, 2.45) is 0 Å². The molecule has 0 saturated heterocycles. The topological polar surface area (TPSA) is 30.5 Å². The molecule has 0 aliphatic carbocycles. The van der Waals surface area contributed by atoms with E-state index in [1.807, 2.05) is 36.4 Å². The normalized spacial score (nSPS) is 10.6. The van der Waals surface area contributed by atoms with Gasteiger partial charge in [0.05, 0.1) is 6.61 Å². The van der Waals surface area contributed by atoms with Crippen LogP contribution in [0.3, 0.4) is 0 Å². The monoisotopic (exact) mass is 413 g/mol. The standard InChI is InChI=1S/C16H17Br2NO2/c1-20-8-7-19-11-12-5-6-15(10-16(12)18)21-14-4-2-3-13(17)9-14/h2-6,9-10,19H,7-8,11H2,1H3. The van der Waals surface area contributed by atoms with Crippen molar-refractivity contribution in [3.63, 3.8) is 0 Å². The SMILES string of the molecule is COCCNCc1ccc(Oc2cccc(Br)c2)cc1Br. The fourth-order valence-electron chi connectivity index (χ4n) is 1.80. The minimum Gasteiger partial charge on any atom is -0.457 e. The molecule has 112 valence electrons. The molecule has 0 atom stereocenters. The largest absolute Gasteiger partial charge is 0.457 e. The summed E-state index contributed by atoms with van der Waals surface area (Å²) in [5.41, 5.74) is 1.19. The highest BCUT2D eigenvalue weighted by Crippen LogP contribution is 2.28. The first kappa shape index (κ1) is 16.5. The van der Waals surface area contributed by atoms with Crippen molar-refractivity contribution >= 4 is 31.9 Å². The van der Waals surface area contributed by atoms with Gasteiger partial charge in [-0.25, -0.2) is 0 Å². The van der Waals surface area contributed by atoms with Gasteiger partial charge in [-0.15, -0.1) is 0 Å². The minimum atomic E-state index is 0.710. The Balaban J connectivity index is 1.98. The predicted molar refractivity (Wildman–Crippen MR) is 91.9 cm³/mol. The lowest BCUT2D eigenvalue weighted by atomic mass is 10.2. The van der Waals surface area contributed by atoms with E-state index in [4.69, 9.17) is 9.47 Å². The average molecular weight is 415 g/mol. The highest BCUT2D eigenvalue weighted by Gasteiger charge is 2.04. The molecular weight excluding hydrogens is 398 g/mol. The van der Waals surface area contributed by atoms with Crippen LogP contribution in [0.1, 0.15) is 5.56 Å². The van der Waals surface area contributed by atoms with Gasteiger partial charge < -0.3 is 14.8 Å². The van der Waals surface area contributed by atoms with E-state index >= 15 is 0 Å². The third-order valence-electron chi connectivity index (χ3n) is 2.85. The van der Waals surface area contributed by atoms with E-state index in [1.165, 1.54) is 5.56 Å². The van der Waals surface area contributed by atoms with Crippen LogP contribution in [0.15, 0.2) is 51.4 Å². The Morgan fingerprint density at radius 1 is 1.05 bits per heavy atom. The summed E-state index contributed by atoms with van der Waals surface area (Å²) in [5, 5.41) is 3.32. The van der Waals surface area contributed by atoms with Crippen LogP contribution in [0.2, 0.25) is 0 Å². The molecule has 2 rings (SSSR count). The summed E-state index contributed by atoms with van der Waals surface area (Å²) in [6, 6.07) is 13.8. The van der Waals surface area contributed by atoms with E-state index in [0.717, 1.165) is 33.5 Å². The third-order valence-corrected chi connectivity index (χ3v) is 4.09. The van der Waals surface area contributed by atoms with Crippen molar-refractivity contribution in [3.8, 4) is 11.5 Å². The van der Waals surface area contributed by atoms with Gasteiger partial charge in [0, 0.05) is 29.1 Å². The second kappa shape index (κ2) is 8.54. The lowest BCUT2D eigenvalue weighted by molar-refractivity contribution is 0.199. The van der Waals surface area contributed by atoms with Crippen molar-refractivity contribution in [3.05, 3.63) is 57.0 Å². The van der Waals surface area contributed by atoms with Gasteiger partial charge in [0.1, 0.15) is 11.5 Å². The molecule has 0 unspecified atom stereocenters. The molecule has 1 N–H and O–H groups in total.